The third kappa shape index (κ3) is 24.1. The van der Waals surface area contributed by atoms with Crippen LogP contribution in [0.5, 0.6) is 5.75 Å². The van der Waals surface area contributed by atoms with Crippen molar-refractivity contribution in [1.29, 1.82) is 0 Å². The average Bonchev–Trinajstić information content (AvgIpc) is 1.71. The molecule has 0 spiro atoms. The summed E-state index contributed by atoms with van der Waals surface area (Å²) in [7, 11) is 3.61. The number of rotatable bonds is 18. The Morgan fingerprint density at radius 3 is 2.05 bits per heavy atom. The van der Waals surface area contributed by atoms with Crippen molar-refractivity contribution >= 4 is 126 Å². The number of nitrogens with zero attached hydrogens (tertiary/aromatic N) is 2. The first-order chi connectivity index (χ1) is 45.2. The normalized spacial score (nSPS) is 26.4. The van der Waals surface area contributed by atoms with Gasteiger partial charge in [0.25, 0.3) is 5.91 Å². The summed E-state index contributed by atoms with van der Waals surface area (Å²) in [5.74, 6) is -14.9. The number of amides is 13. The number of phenols is 1. The molecule has 95 heavy (non-hydrogen) atoms. The van der Waals surface area contributed by atoms with Gasteiger partial charge in [0.05, 0.1) is 25.5 Å². The molecule has 33 nitrogen and oxygen atoms in total. The number of carbonyl (C=O) groups is 14. The topological polar surface area (TPSA) is 505 Å². The maximum atomic E-state index is 15.0. The summed E-state index contributed by atoms with van der Waals surface area (Å²) in [5.41, 5.74) is 12.4. The van der Waals surface area contributed by atoms with E-state index in [-0.39, 0.29) is 98.5 Å². The van der Waals surface area contributed by atoms with E-state index in [0.717, 1.165) is 48.1 Å². The number of carbonyl (C=O) groups excluding carboxylic acids is 14. The Balaban J connectivity index is 1.41. The van der Waals surface area contributed by atoms with E-state index in [0.29, 0.717) is 17.7 Å². The smallest absolute Gasteiger partial charge is 0.329 e. The fourth-order valence-electron chi connectivity index (χ4n) is 10.2. The van der Waals surface area contributed by atoms with Crippen LogP contribution in [-0.4, -0.2) is 230 Å². The highest BCUT2D eigenvalue weighted by atomic mass is 33.1. The molecule has 13 amide bonds. The summed E-state index contributed by atoms with van der Waals surface area (Å²) < 4.78 is 5.93. The number of aliphatic hydroxyl groups excluding tert-OH is 1. The molecule has 0 aliphatic carbocycles. The van der Waals surface area contributed by atoms with E-state index < -0.39 is 175 Å². The van der Waals surface area contributed by atoms with E-state index in [2.05, 4.69) is 68.5 Å². The van der Waals surface area contributed by atoms with E-state index in [4.69, 9.17) is 16.2 Å². The van der Waals surface area contributed by atoms with Gasteiger partial charge < -0.3 is 94.8 Å². The van der Waals surface area contributed by atoms with Crippen LogP contribution in [-0.2, 0) is 84.7 Å². The van der Waals surface area contributed by atoms with Crippen molar-refractivity contribution in [1.82, 2.24) is 73.4 Å². The number of cyclic esters (lactones) is 1. The summed E-state index contributed by atoms with van der Waals surface area (Å²) in [5, 5.41) is 49.3. The predicted octanol–water partition coefficient (Wildman–Crippen LogP) is -4.73. The molecule has 18 N–H and O–H groups in total. The van der Waals surface area contributed by atoms with Crippen LogP contribution in [0.2, 0.25) is 0 Å². The number of benzene rings is 1. The van der Waals surface area contributed by atoms with E-state index >= 15 is 0 Å². The molecule has 1 aromatic heterocycles. The zero-order chi connectivity index (χ0) is 69.5. The standard InChI is InChI=1S/C58H84N16O17S4/c1-28(2)15-43-55(87)71-40-25-95-93-24-39(50(82)63-20-45(78)66-36(16-30-8-10-32(75)11-9-30)51(83)67-35(58(90)91-43)7-5-6-14-59)70-53(85)41(72-56(88)47(29(3)4)73-46(79)21-62-49(81)34-12-13-44(77)65-34)26-94-92-23-38(48(60)80)69-54(86)42-18-33(76)22-74(42)57(89)37(68-52(40)84)17-31-19-61-27-64-31/h8-11,19,27-29,33-43,47,75-76H,5-7,12-18,20-26,59H2,1-4H3,(H2,60,80)(H,61,64)(H,62,81)(H,63,82)(H,65,77)(H,66,78)(H,67,83)(H,68,84)(H,69,86)(H,70,85)(H,71,87)(H,72,88)(H,73,79)/t33-,34+,35+,36+,37+,38+,39+,40+,41+,42+,43+,47+/m1/s1. The van der Waals surface area contributed by atoms with Crippen LogP contribution < -0.4 is 70.0 Å². The summed E-state index contributed by atoms with van der Waals surface area (Å²) in [6, 6.07) is -8.76. The SMILES string of the molecule is CC(C)C[C@@H]1OC(=O)[C@H](CCCCN)NC(=O)[C@H](Cc2ccc(O)cc2)NC(=O)CNC(=O)[C@@H]2CSSC[C@H](NC1=O)C(=O)N[C@@H](Cc1cnc[nH]1)C(=O)N1C[C@H](O)C[C@H]1C(=O)N[C@H](C(N)=O)CSSC[C@H](NC(=O)[C@@H](NC(=O)CNC(=O)[C@@H]1CCC(=O)N1)C(C)C)C(=O)N2. The highest BCUT2D eigenvalue weighted by Gasteiger charge is 2.44. The lowest BCUT2D eigenvalue weighted by Gasteiger charge is -2.30. The second-order valence-corrected chi connectivity index (χ2v) is 28.9. The zero-order valence-electron chi connectivity index (χ0n) is 52.8. The van der Waals surface area contributed by atoms with Crippen LogP contribution in [0.25, 0.3) is 0 Å². The van der Waals surface area contributed by atoms with Crippen molar-refractivity contribution in [2.45, 2.75) is 158 Å². The molecule has 4 fully saturated rings. The Bertz CT molecular complexity index is 3080. The van der Waals surface area contributed by atoms with Gasteiger partial charge in [-0.3, -0.25) is 62.3 Å². The molecule has 6 rings (SSSR count). The maximum Gasteiger partial charge on any atom is 0.329 e. The van der Waals surface area contributed by atoms with Crippen molar-refractivity contribution in [3.63, 3.8) is 0 Å². The number of ether oxygens (including phenoxy) is 1. The molecule has 4 aliphatic rings. The number of aromatic hydroxyl groups is 1. The number of unbranched alkanes of at least 4 members (excludes halogenated alkanes) is 1. The molecule has 2 bridgehead atoms. The Kier molecular flexibility index (Phi) is 30.0. The van der Waals surface area contributed by atoms with Crippen molar-refractivity contribution in [3.05, 3.63) is 48.0 Å². The van der Waals surface area contributed by atoms with Crippen LogP contribution >= 0.6 is 43.2 Å². The lowest BCUT2D eigenvalue weighted by molar-refractivity contribution is -0.160. The summed E-state index contributed by atoms with van der Waals surface area (Å²) in [4.78, 5) is 204. The molecule has 2 aromatic rings. The van der Waals surface area contributed by atoms with Gasteiger partial charge in [-0.1, -0.05) is 83.0 Å². The Morgan fingerprint density at radius 1 is 0.737 bits per heavy atom. The number of aromatic amines is 1. The molecule has 1 aromatic carbocycles. The minimum Gasteiger partial charge on any atom is -0.508 e. The molecule has 12 atom stereocenters. The number of phenolic OH excluding ortho intramolecular Hbond substituents is 1. The second-order valence-electron chi connectivity index (χ2n) is 23.8. The van der Waals surface area contributed by atoms with Gasteiger partial charge >= 0.3 is 5.97 Å². The molecule has 0 radical (unpaired) electrons. The number of fused-ring (bicyclic) bond motifs is 6. The number of aliphatic hydroxyl groups is 1. The minimum absolute atomic E-state index is 0.0598. The fraction of sp³-hybridized carbons (Fsp3) is 0.603. The Morgan fingerprint density at radius 2 is 1.41 bits per heavy atom. The molecular formula is C58H84N16O17S4. The van der Waals surface area contributed by atoms with Gasteiger partial charge in [0.2, 0.25) is 70.9 Å². The largest absolute Gasteiger partial charge is 0.508 e. The van der Waals surface area contributed by atoms with Crippen LogP contribution in [0.4, 0.5) is 0 Å². The number of hydrogen-bond acceptors (Lipinski definition) is 23. The van der Waals surface area contributed by atoms with Gasteiger partial charge in [0, 0.05) is 67.1 Å². The number of esters is 1. The number of nitrogens with one attached hydrogen (secondary N) is 12. The van der Waals surface area contributed by atoms with Crippen molar-refractivity contribution < 1.29 is 82.1 Å². The number of nitrogens with two attached hydrogens (primary N) is 2. The molecule has 4 aliphatic heterocycles. The highest BCUT2D eigenvalue weighted by Crippen LogP contribution is 2.27. The van der Waals surface area contributed by atoms with Crippen LogP contribution in [0.1, 0.15) is 83.9 Å². The van der Waals surface area contributed by atoms with E-state index in [1.807, 2.05) is 0 Å². The number of H-pyrrole nitrogens is 1. The van der Waals surface area contributed by atoms with E-state index in [1.165, 1.54) is 36.8 Å². The third-order valence-electron chi connectivity index (χ3n) is 15.4. The van der Waals surface area contributed by atoms with Crippen molar-refractivity contribution in [2.24, 2.45) is 23.3 Å². The van der Waals surface area contributed by atoms with Gasteiger partial charge in [-0.2, -0.15) is 0 Å². The van der Waals surface area contributed by atoms with E-state index in [1.54, 1.807) is 27.7 Å². The first-order valence-electron chi connectivity index (χ1n) is 30.9. The number of primary amides is 1. The van der Waals surface area contributed by atoms with Gasteiger partial charge in [-0.15, -0.1) is 0 Å². The Labute approximate surface area is 563 Å². The third-order valence-corrected chi connectivity index (χ3v) is 20.2. The highest BCUT2D eigenvalue weighted by molar-refractivity contribution is 8.77. The maximum absolute atomic E-state index is 15.0. The lowest BCUT2D eigenvalue weighted by atomic mass is 10.0. The predicted molar refractivity (Wildman–Crippen MR) is 349 cm³/mol. The van der Waals surface area contributed by atoms with Gasteiger partial charge in [-0.25, -0.2) is 9.78 Å². The van der Waals surface area contributed by atoms with Crippen LogP contribution in [0, 0.1) is 11.8 Å². The van der Waals surface area contributed by atoms with Gasteiger partial charge in [0.15, 0.2) is 6.10 Å². The number of hydrogen-bond donors (Lipinski definition) is 16. The quantitative estimate of drug-likeness (QED) is 0.0379. The minimum atomic E-state index is -1.63. The second kappa shape index (κ2) is 37.4. The van der Waals surface area contributed by atoms with Crippen LogP contribution in [0.15, 0.2) is 36.8 Å². The molecule has 0 unspecified atom stereocenters. The van der Waals surface area contributed by atoms with E-state index in [9.17, 15) is 77.3 Å². The summed E-state index contributed by atoms with van der Waals surface area (Å²) in [6.07, 6.45) is -0.226. The fourth-order valence-corrected chi connectivity index (χ4v) is 14.9. The lowest BCUT2D eigenvalue weighted by Crippen LogP contribution is -2.60. The zero-order valence-corrected chi connectivity index (χ0v) is 56.0. The van der Waals surface area contributed by atoms with Gasteiger partial charge in [-0.05, 0) is 68.2 Å². The van der Waals surface area contributed by atoms with Gasteiger partial charge in [0.1, 0.15) is 66.2 Å². The molecule has 37 heteroatoms. The molecule has 0 saturated carbocycles. The Hall–Kier alpha value is -7.87. The average molecular weight is 1410 g/mol. The first-order valence-corrected chi connectivity index (χ1v) is 35.9. The van der Waals surface area contributed by atoms with Crippen molar-refractivity contribution in [2.75, 3.05) is 49.2 Å². The summed E-state index contributed by atoms with van der Waals surface area (Å²) >= 11 is 0. The molecular weight excluding hydrogens is 1320 g/mol. The molecule has 522 valence electrons. The summed E-state index contributed by atoms with van der Waals surface area (Å²) in [6.45, 7) is 5.01. The van der Waals surface area contributed by atoms with Crippen LogP contribution in [0.3, 0.4) is 0 Å². The molecule has 4 saturated heterocycles. The molecule has 5 heterocycles. The number of imidazole rings is 1. The first kappa shape index (κ1) is 76.2. The monoisotopic (exact) mass is 1400 g/mol. The number of aromatic nitrogens is 2. The van der Waals surface area contributed by atoms with Crippen molar-refractivity contribution in [3.8, 4) is 5.75 Å².